The lowest BCUT2D eigenvalue weighted by Crippen LogP contribution is -2.44. The molecule has 1 aliphatic rings. The summed E-state index contributed by atoms with van der Waals surface area (Å²) in [6.45, 7) is 3.80. The molecule has 1 heterocycles. The smallest absolute Gasteiger partial charge is 0.305 e. The fourth-order valence-electron chi connectivity index (χ4n) is 2.03. The maximum Gasteiger partial charge on any atom is 0.305 e. The van der Waals surface area contributed by atoms with Crippen molar-refractivity contribution in [1.29, 1.82) is 0 Å². The number of fused-ring (bicyclic) bond motifs is 1. The number of ether oxygens (including phenoxy) is 2. The first kappa shape index (κ1) is 15.6. The monoisotopic (exact) mass is 315 g/mol. The maximum atomic E-state index is 12.3. The van der Waals surface area contributed by atoms with Crippen LogP contribution < -0.4 is 14.2 Å². The number of hydrogen-bond donors (Lipinski definition) is 2. The Balaban J connectivity index is 2.25. The van der Waals surface area contributed by atoms with Crippen molar-refractivity contribution in [3.05, 3.63) is 18.2 Å². The highest BCUT2D eigenvalue weighted by atomic mass is 32.2. The van der Waals surface area contributed by atoms with Crippen LogP contribution in [-0.4, -0.2) is 38.2 Å². The van der Waals surface area contributed by atoms with E-state index in [0.717, 1.165) is 0 Å². The first-order valence-electron chi connectivity index (χ1n) is 6.35. The summed E-state index contributed by atoms with van der Waals surface area (Å²) in [7, 11) is -3.85. The first-order chi connectivity index (χ1) is 9.70. The minimum atomic E-state index is -3.85. The molecule has 7 nitrogen and oxygen atoms in total. The van der Waals surface area contributed by atoms with Gasteiger partial charge in [0.25, 0.3) is 0 Å². The summed E-state index contributed by atoms with van der Waals surface area (Å²) in [5, 5.41) is 8.80. The van der Waals surface area contributed by atoms with Gasteiger partial charge in [-0.2, -0.15) is 0 Å². The molecule has 1 aliphatic heterocycles. The Hall–Kier alpha value is -1.80. The van der Waals surface area contributed by atoms with Gasteiger partial charge in [0.2, 0.25) is 10.0 Å². The summed E-state index contributed by atoms with van der Waals surface area (Å²) in [4.78, 5) is 10.8. The van der Waals surface area contributed by atoms with Crippen molar-refractivity contribution in [2.75, 3.05) is 13.2 Å². The van der Waals surface area contributed by atoms with Gasteiger partial charge in [0.05, 0.1) is 11.3 Å². The Morgan fingerprint density at radius 3 is 2.52 bits per heavy atom. The van der Waals surface area contributed by atoms with Gasteiger partial charge in [-0.25, -0.2) is 13.1 Å². The Morgan fingerprint density at radius 1 is 1.29 bits per heavy atom. The Bertz CT molecular complexity index is 653. The van der Waals surface area contributed by atoms with Crippen molar-refractivity contribution < 1.29 is 27.8 Å². The molecular formula is C13H17NO6S. The molecule has 1 aromatic carbocycles. The molecule has 0 saturated carbocycles. The van der Waals surface area contributed by atoms with Crippen LogP contribution in [0.4, 0.5) is 0 Å². The lowest BCUT2D eigenvalue weighted by Gasteiger charge is -2.24. The molecule has 2 rings (SSSR count). The largest absolute Gasteiger partial charge is 0.486 e. The Kier molecular flexibility index (Phi) is 4.11. The van der Waals surface area contributed by atoms with E-state index in [4.69, 9.17) is 14.6 Å². The molecule has 21 heavy (non-hydrogen) atoms. The fraction of sp³-hybridized carbons (Fsp3) is 0.462. The Labute approximate surface area is 122 Å². The van der Waals surface area contributed by atoms with Gasteiger partial charge in [-0.15, -0.1) is 0 Å². The van der Waals surface area contributed by atoms with E-state index >= 15 is 0 Å². The minimum absolute atomic E-state index is 0.00483. The molecule has 0 bridgehead atoms. The molecule has 0 unspecified atom stereocenters. The first-order valence-corrected chi connectivity index (χ1v) is 7.83. The minimum Gasteiger partial charge on any atom is -0.486 e. The zero-order valence-corrected chi connectivity index (χ0v) is 12.6. The van der Waals surface area contributed by atoms with Crippen molar-refractivity contribution in [3.8, 4) is 11.5 Å². The van der Waals surface area contributed by atoms with Crippen LogP contribution in [0.2, 0.25) is 0 Å². The van der Waals surface area contributed by atoms with Crippen LogP contribution in [0.15, 0.2) is 23.1 Å². The number of carboxylic acids is 1. The summed E-state index contributed by atoms with van der Waals surface area (Å²) in [5.41, 5.74) is -1.10. The van der Waals surface area contributed by atoms with E-state index in [9.17, 15) is 13.2 Å². The molecular weight excluding hydrogens is 298 g/mol. The van der Waals surface area contributed by atoms with Crippen molar-refractivity contribution in [3.63, 3.8) is 0 Å². The van der Waals surface area contributed by atoms with Crippen LogP contribution in [-0.2, 0) is 14.8 Å². The fourth-order valence-corrected chi connectivity index (χ4v) is 3.45. The number of hydrogen-bond acceptors (Lipinski definition) is 5. The third kappa shape index (κ3) is 3.85. The van der Waals surface area contributed by atoms with Gasteiger partial charge < -0.3 is 14.6 Å². The second-order valence-corrected chi connectivity index (χ2v) is 7.05. The van der Waals surface area contributed by atoms with Crippen molar-refractivity contribution in [2.45, 2.75) is 30.7 Å². The van der Waals surface area contributed by atoms with E-state index < -0.39 is 21.5 Å². The second kappa shape index (κ2) is 5.53. The summed E-state index contributed by atoms with van der Waals surface area (Å²) in [6.07, 6.45) is -0.323. The lowest BCUT2D eigenvalue weighted by molar-refractivity contribution is -0.138. The third-order valence-electron chi connectivity index (χ3n) is 2.83. The van der Waals surface area contributed by atoms with E-state index in [2.05, 4.69) is 4.72 Å². The van der Waals surface area contributed by atoms with Crippen molar-refractivity contribution in [2.24, 2.45) is 0 Å². The molecule has 0 amide bonds. The van der Waals surface area contributed by atoms with E-state index in [-0.39, 0.29) is 11.3 Å². The predicted molar refractivity (Wildman–Crippen MR) is 74.1 cm³/mol. The quantitative estimate of drug-likeness (QED) is 0.840. The molecule has 0 aliphatic carbocycles. The van der Waals surface area contributed by atoms with Crippen LogP contribution >= 0.6 is 0 Å². The van der Waals surface area contributed by atoms with Gasteiger partial charge in [0.15, 0.2) is 11.5 Å². The number of benzene rings is 1. The molecule has 1 aromatic rings. The van der Waals surface area contributed by atoms with Crippen LogP contribution in [0, 0.1) is 0 Å². The SMILES string of the molecule is CC(C)(CC(=O)O)NS(=O)(=O)c1ccc2c(c1)OCCO2. The van der Waals surface area contributed by atoms with Gasteiger partial charge in [-0.3, -0.25) is 4.79 Å². The van der Waals surface area contributed by atoms with Gasteiger partial charge in [-0.1, -0.05) is 0 Å². The van der Waals surface area contributed by atoms with Gasteiger partial charge >= 0.3 is 5.97 Å². The van der Waals surface area contributed by atoms with E-state index in [1.165, 1.54) is 32.0 Å². The normalized spacial score (nSPS) is 14.8. The van der Waals surface area contributed by atoms with E-state index in [0.29, 0.717) is 24.7 Å². The van der Waals surface area contributed by atoms with Crippen LogP contribution in [0.1, 0.15) is 20.3 Å². The average molecular weight is 315 g/mol. The zero-order valence-electron chi connectivity index (χ0n) is 11.8. The summed E-state index contributed by atoms with van der Waals surface area (Å²) >= 11 is 0. The van der Waals surface area contributed by atoms with Crippen LogP contribution in [0.5, 0.6) is 11.5 Å². The Morgan fingerprint density at radius 2 is 1.90 bits per heavy atom. The van der Waals surface area contributed by atoms with Gasteiger partial charge in [-0.05, 0) is 26.0 Å². The maximum absolute atomic E-state index is 12.3. The standard InChI is InChI=1S/C13H17NO6S/c1-13(2,8-12(15)16)14-21(17,18)9-3-4-10-11(7-9)20-6-5-19-10/h3-4,7,14H,5-6,8H2,1-2H3,(H,15,16). The van der Waals surface area contributed by atoms with Crippen LogP contribution in [0.3, 0.4) is 0 Å². The highest BCUT2D eigenvalue weighted by molar-refractivity contribution is 7.89. The predicted octanol–water partition coefficient (Wildman–Crippen LogP) is 0.989. The van der Waals surface area contributed by atoms with Gasteiger partial charge in [0.1, 0.15) is 13.2 Å². The lowest BCUT2D eigenvalue weighted by atomic mass is 10.0. The van der Waals surface area contributed by atoms with E-state index in [1.807, 2.05) is 0 Å². The molecule has 0 atom stereocenters. The molecule has 116 valence electrons. The number of carbonyl (C=O) groups is 1. The molecule has 0 radical (unpaired) electrons. The molecule has 0 saturated heterocycles. The number of sulfonamides is 1. The highest BCUT2D eigenvalue weighted by Crippen LogP contribution is 2.32. The average Bonchev–Trinajstić information content (AvgIpc) is 2.35. The van der Waals surface area contributed by atoms with Crippen LogP contribution in [0.25, 0.3) is 0 Å². The van der Waals surface area contributed by atoms with E-state index in [1.54, 1.807) is 0 Å². The zero-order chi connectivity index (χ0) is 15.7. The highest BCUT2D eigenvalue weighted by Gasteiger charge is 2.29. The molecule has 0 aromatic heterocycles. The van der Waals surface area contributed by atoms with Gasteiger partial charge in [0, 0.05) is 11.6 Å². The third-order valence-corrected chi connectivity index (χ3v) is 4.52. The number of rotatable bonds is 5. The molecule has 8 heteroatoms. The van der Waals surface area contributed by atoms with Crippen molar-refractivity contribution in [1.82, 2.24) is 4.72 Å². The number of carboxylic acid groups (broad SMARTS) is 1. The number of aliphatic carboxylic acids is 1. The second-order valence-electron chi connectivity index (χ2n) is 5.37. The van der Waals surface area contributed by atoms with Crippen molar-refractivity contribution >= 4 is 16.0 Å². The summed E-state index contributed by atoms with van der Waals surface area (Å²) in [6, 6.07) is 4.29. The summed E-state index contributed by atoms with van der Waals surface area (Å²) < 4.78 is 37.7. The topological polar surface area (TPSA) is 102 Å². The molecule has 2 N–H and O–H groups in total. The molecule has 0 fully saturated rings. The summed E-state index contributed by atoms with van der Waals surface area (Å²) in [5.74, 6) is -0.227. The number of nitrogens with one attached hydrogen (secondary N) is 1. The molecule has 0 spiro atoms.